The quantitative estimate of drug-likeness (QED) is 0.313. The highest BCUT2D eigenvalue weighted by Gasteiger charge is 2.24. The average Bonchev–Trinajstić information content (AvgIpc) is 2.71. The SMILES string of the molecule is C=CCCC1CCC(c2ccc(-c3cc(F)c(/C=C/C(F)(F)F)c(F)c3)c(F)c2)CC1. The molecule has 2 aromatic rings. The van der Waals surface area contributed by atoms with Crippen LogP contribution in [0.5, 0.6) is 0 Å². The molecule has 1 saturated carbocycles. The summed E-state index contributed by atoms with van der Waals surface area (Å²) < 4.78 is 80.1. The molecule has 0 spiro atoms. The Morgan fingerprint density at radius 1 is 0.903 bits per heavy atom. The molecule has 0 bridgehead atoms. The van der Waals surface area contributed by atoms with Crippen LogP contribution in [0, 0.1) is 23.4 Å². The maximum atomic E-state index is 14.8. The third kappa shape index (κ3) is 6.02. The summed E-state index contributed by atoms with van der Waals surface area (Å²) >= 11 is 0. The first-order valence-electron chi connectivity index (χ1n) is 10.3. The third-order valence-corrected chi connectivity index (χ3v) is 5.92. The topological polar surface area (TPSA) is 0 Å². The van der Waals surface area contributed by atoms with Crippen LogP contribution < -0.4 is 0 Å². The smallest absolute Gasteiger partial charge is 0.206 e. The molecule has 166 valence electrons. The molecule has 0 aliphatic heterocycles. The number of alkyl halides is 3. The molecule has 0 nitrogen and oxygen atoms in total. The van der Waals surface area contributed by atoms with Crippen LogP contribution >= 0.6 is 0 Å². The Labute approximate surface area is 178 Å². The molecule has 0 aromatic heterocycles. The lowest BCUT2D eigenvalue weighted by atomic mass is 9.77. The van der Waals surface area contributed by atoms with Crippen LogP contribution in [0.3, 0.4) is 0 Å². The van der Waals surface area contributed by atoms with E-state index in [0.29, 0.717) is 12.0 Å². The van der Waals surface area contributed by atoms with E-state index in [2.05, 4.69) is 6.58 Å². The first kappa shape index (κ1) is 23.2. The molecule has 0 atom stereocenters. The van der Waals surface area contributed by atoms with Gasteiger partial charge in [0.1, 0.15) is 17.5 Å². The van der Waals surface area contributed by atoms with Gasteiger partial charge in [-0.1, -0.05) is 18.2 Å². The van der Waals surface area contributed by atoms with E-state index in [1.54, 1.807) is 6.07 Å². The lowest BCUT2D eigenvalue weighted by Crippen LogP contribution is -2.13. The summed E-state index contributed by atoms with van der Waals surface area (Å²) in [4.78, 5) is 0. The van der Waals surface area contributed by atoms with Gasteiger partial charge in [0.25, 0.3) is 0 Å². The van der Waals surface area contributed by atoms with Gasteiger partial charge >= 0.3 is 6.18 Å². The number of hydrogen-bond donors (Lipinski definition) is 0. The number of hydrogen-bond acceptors (Lipinski definition) is 0. The summed E-state index contributed by atoms with van der Waals surface area (Å²) in [6, 6.07) is 6.34. The molecular weight excluding hydrogens is 414 g/mol. The van der Waals surface area contributed by atoms with E-state index in [1.807, 2.05) is 6.08 Å². The van der Waals surface area contributed by atoms with Crippen LogP contribution in [0.25, 0.3) is 17.2 Å². The third-order valence-electron chi connectivity index (χ3n) is 5.92. The van der Waals surface area contributed by atoms with Crippen LogP contribution in [-0.4, -0.2) is 6.18 Å². The zero-order chi connectivity index (χ0) is 22.6. The van der Waals surface area contributed by atoms with Crippen molar-refractivity contribution in [1.82, 2.24) is 0 Å². The Morgan fingerprint density at radius 3 is 2.10 bits per heavy atom. The standard InChI is InChI=1S/C25H24F6/c1-2-3-4-16-5-7-17(8-6-16)18-9-10-20(22(26)13-18)19-14-23(27)21(24(28)15-19)11-12-25(29,30)31/h2,9-17H,1,3-8H2/b12-11+. The van der Waals surface area contributed by atoms with Crippen LogP contribution in [0.4, 0.5) is 26.3 Å². The lowest BCUT2D eigenvalue weighted by molar-refractivity contribution is -0.0790. The average molecular weight is 438 g/mol. The van der Waals surface area contributed by atoms with E-state index in [1.165, 1.54) is 12.1 Å². The number of rotatable bonds is 6. The molecule has 0 unspecified atom stereocenters. The van der Waals surface area contributed by atoms with Crippen LogP contribution in [-0.2, 0) is 0 Å². The fraction of sp³-hybridized carbons (Fsp3) is 0.360. The second-order valence-corrected chi connectivity index (χ2v) is 8.05. The molecule has 0 radical (unpaired) electrons. The summed E-state index contributed by atoms with van der Waals surface area (Å²) in [6.07, 6.45) is 3.51. The van der Waals surface area contributed by atoms with Crippen molar-refractivity contribution in [2.75, 3.05) is 0 Å². The number of allylic oxidation sites excluding steroid dienone is 2. The normalized spacial score (nSPS) is 19.7. The van der Waals surface area contributed by atoms with Crippen LogP contribution in [0.2, 0.25) is 0 Å². The van der Waals surface area contributed by atoms with Crippen molar-refractivity contribution in [2.45, 2.75) is 50.6 Å². The van der Waals surface area contributed by atoms with Gasteiger partial charge in [-0.05, 0) is 85.8 Å². The molecular formula is C25H24F6. The minimum Gasteiger partial charge on any atom is -0.206 e. The molecule has 1 aliphatic carbocycles. The first-order chi connectivity index (χ1) is 14.7. The Balaban J connectivity index is 1.77. The van der Waals surface area contributed by atoms with E-state index in [9.17, 15) is 26.3 Å². The van der Waals surface area contributed by atoms with Crippen LogP contribution in [0.1, 0.15) is 55.6 Å². The van der Waals surface area contributed by atoms with E-state index < -0.39 is 29.2 Å². The van der Waals surface area contributed by atoms with Crippen molar-refractivity contribution >= 4 is 6.08 Å². The fourth-order valence-electron chi connectivity index (χ4n) is 4.23. The fourth-order valence-corrected chi connectivity index (χ4v) is 4.23. The van der Waals surface area contributed by atoms with Gasteiger partial charge in [-0.2, -0.15) is 13.2 Å². The van der Waals surface area contributed by atoms with Gasteiger partial charge in [-0.3, -0.25) is 0 Å². The molecule has 1 fully saturated rings. The van der Waals surface area contributed by atoms with Gasteiger partial charge in [0.2, 0.25) is 0 Å². The second-order valence-electron chi connectivity index (χ2n) is 8.05. The lowest BCUT2D eigenvalue weighted by Gasteiger charge is -2.28. The van der Waals surface area contributed by atoms with Gasteiger partial charge in [0, 0.05) is 17.2 Å². The van der Waals surface area contributed by atoms with Crippen LogP contribution in [0.15, 0.2) is 49.1 Å². The monoisotopic (exact) mass is 438 g/mol. The Kier molecular flexibility index (Phi) is 7.29. The molecule has 31 heavy (non-hydrogen) atoms. The molecule has 1 aliphatic rings. The highest BCUT2D eigenvalue weighted by molar-refractivity contribution is 5.67. The first-order valence-corrected chi connectivity index (χ1v) is 10.3. The van der Waals surface area contributed by atoms with Gasteiger partial charge in [0.05, 0.1) is 0 Å². The Hall–Kier alpha value is -2.50. The second kappa shape index (κ2) is 9.75. The maximum Gasteiger partial charge on any atom is 0.409 e. The minimum atomic E-state index is -4.69. The van der Waals surface area contributed by atoms with E-state index >= 15 is 0 Å². The number of halogens is 6. The predicted octanol–water partition coefficient (Wildman–Crippen LogP) is 8.59. The molecule has 0 N–H and O–H groups in total. The highest BCUT2D eigenvalue weighted by Crippen LogP contribution is 2.39. The minimum absolute atomic E-state index is 0.00701. The highest BCUT2D eigenvalue weighted by atomic mass is 19.4. The summed E-state index contributed by atoms with van der Waals surface area (Å²) in [5.74, 6) is -2.07. The molecule has 3 rings (SSSR count). The molecule has 2 aromatic carbocycles. The predicted molar refractivity (Wildman–Crippen MR) is 111 cm³/mol. The van der Waals surface area contributed by atoms with Crippen molar-refractivity contribution in [3.63, 3.8) is 0 Å². The van der Waals surface area contributed by atoms with Crippen molar-refractivity contribution < 1.29 is 26.3 Å². The summed E-state index contributed by atoms with van der Waals surface area (Å²) in [7, 11) is 0. The van der Waals surface area contributed by atoms with Crippen molar-refractivity contribution in [3.8, 4) is 11.1 Å². The van der Waals surface area contributed by atoms with E-state index in [4.69, 9.17) is 0 Å². The van der Waals surface area contributed by atoms with Crippen molar-refractivity contribution in [3.05, 3.63) is 77.6 Å². The number of benzene rings is 2. The Morgan fingerprint density at radius 2 is 1.55 bits per heavy atom. The molecule has 6 heteroatoms. The summed E-state index contributed by atoms with van der Waals surface area (Å²) in [5, 5.41) is 0. The Bertz CT molecular complexity index is 926. The largest absolute Gasteiger partial charge is 0.409 e. The van der Waals surface area contributed by atoms with E-state index in [0.717, 1.165) is 56.2 Å². The van der Waals surface area contributed by atoms with Crippen molar-refractivity contribution in [1.29, 1.82) is 0 Å². The summed E-state index contributed by atoms with van der Waals surface area (Å²) in [6.45, 7) is 3.75. The van der Waals surface area contributed by atoms with Gasteiger partial charge in [-0.25, -0.2) is 13.2 Å². The molecule has 0 amide bonds. The van der Waals surface area contributed by atoms with Crippen molar-refractivity contribution in [2.24, 2.45) is 5.92 Å². The van der Waals surface area contributed by atoms with Gasteiger partial charge in [0.15, 0.2) is 0 Å². The van der Waals surface area contributed by atoms with E-state index in [-0.39, 0.29) is 23.1 Å². The maximum absolute atomic E-state index is 14.8. The molecule has 0 saturated heterocycles. The zero-order valence-electron chi connectivity index (χ0n) is 17.0. The summed E-state index contributed by atoms with van der Waals surface area (Å²) in [5.41, 5.74) is -0.00988. The zero-order valence-corrected chi connectivity index (χ0v) is 17.0. The molecule has 0 heterocycles. The van der Waals surface area contributed by atoms with Gasteiger partial charge < -0.3 is 0 Å². The van der Waals surface area contributed by atoms with Gasteiger partial charge in [-0.15, -0.1) is 6.58 Å².